The summed E-state index contributed by atoms with van der Waals surface area (Å²) in [6.45, 7) is 7.50. The number of para-hydroxylation sites is 1. The fourth-order valence-corrected chi connectivity index (χ4v) is 8.40. The minimum Gasteiger partial charge on any atom is -0.507 e. The van der Waals surface area contributed by atoms with Gasteiger partial charge in [-0.3, -0.25) is 24.1 Å². The van der Waals surface area contributed by atoms with Gasteiger partial charge < -0.3 is 5.11 Å². The van der Waals surface area contributed by atoms with E-state index in [1.165, 1.54) is 9.80 Å². The highest BCUT2D eigenvalue weighted by Gasteiger charge is 2.68. The molecule has 7 rings (SSSR count). The third-order valence-electron chi connectivity index (χ3n) is 10.2. The molecule has 2 heterocycles. The van der Waals surface area contributed by atoms with Crippen LogP contribution in [0.15, 0.2) is 78.4 Å². The molecule has 42 heavy (non-hydrogen) atoms. The summed E-state index contributed by atoms with van der Waals surface area (Å²) in [6, 6.07) is 20.0. The number of allylic oxidation sites excluding steroid dienone is 2. The van der Waals surface area contributed by atoms with E-state index in [0.717, 1.165) is 16.5 Å². The van der Waals surface area contributed by atoms with Crippen molar-refractivity contribution in [3.05, 3.63) is 83.9 Å². The molecular weight excluding hydrogens is 528 g/mol. The lowest BCUT2D eigenvalue weighted by Crippen LogP contribution is -2.49. The van der Waals surface area contributed by atoms with Crippen molar-refractivity contribution >= 4 is 40.1 Å². The summed E-state index contributed by atoms with van der Waals surface area (Å²) in [5.74, 6) is -3.39. The minimum atomic E-state index is -1.13. The van der Waals surface area contributed by atoms with Gasteiger partial charge in [0.25, 0.3) is 0 Å². The molecule has 1 saturated carbocycles. The van der Waals surface area contributed by atoms with Crippen molar-refractivity contribution in [3.8, 4) is 5.75 Å². The van der Waals surface area contributed by atoms with Crippen LogP contribution in [-0.2, 0) is 19.2 Å². The molecule has 0 spiro atoms. The van der Waals surface area contributed by atoms with Crippen LogP contribution in [0.4, 0.5) is 5.69 Å². The van der Waals surface area contributed by atoms with Gasteiger partial charge in [0.1, 0.15) is 5.75 Å². The van der Waals surface area contributed by atoms with Crippen LogP contribution < -0.4 is 4.90 Å². The normalized spacial score (nSPS) is 30.9. The van der Waals surface area contributed by atoms with Crippen molar-refractivity contribution in [1.82, 2.24) is 4.90 Å². The number of phenolic OH excluding ortho intramolecular Hbond substituents is 1. The predicted molar refractivity (Wildman–Crippen MR) is 158 cm³/mol. The molecule has 4 amide bonds. The number of fused-ring (bicyclic) bond motifs is 5. The van der Waals surface area contributed by atoms with Gasteiger partial charge in [0.15, 0.2) is 0 Å². The molecule has 7 heteroatoms. The van der Waals surface area contributed by atoms with Gasteiger partial charge in [0, 0.05) is 16.8 Å². The number of phenols is 1. The van der Waals surface area contributed by atoms with E-state index in [4.69, 9.17) is 0 Å². The summed E-state index contributed by atoms with van der Waals surface area (Å²) < 4.78 is 0. The van der Waals surface area contributed by atoms with Crippen molar-refractivity contribution in [3.63, 3.8) is 0 Å². The number of aromatic hydroxyl groups is 1. The molecule has 2 saturated heterocycles. The Hall–Kier alpha value is -4.26. The van der Waals surface area contributed by atoms with E-state index in [0.29, 0.717) is 23.9 Å². The van der Waals surface area contributed by atoms with Gasteiger partial charge in [-0.2, -0.15) is 0 Å². The maximum absolute atomic E-state index is 14.6. The summed E-state index contributed by atoms with van der Waals surface area (Å²) in [4.78, 5) is 59.2. The SMILES string of the molecule is CC(C)(C)N1C(=O)[C@H]2[C@H](CC=C3[C@H]2C[C@H]2C(=O)N(c4ccccc4)C(=O)[C@@]2(C)[C@H]3c2ccc(O)c3ccccc23)C1=O. The summed E-state index contributed by atoms with van der Waals surface area (Å²) in [5.41, 5.74) is 0.518. The maximum atomic E-state index is 14.6. The topological polar surface area (TPSA) is 95.0 Å². The van der Waals surface area contributed by atoms with Crippen LogP contribution in [-0.4, -0.2) is 39.2 Å². The zero-order chi connectivity index (χ0) is 29.7. The zero-order valence-corrected chi connectivity index (χ0v) is 24.2. The molecule has 6 atom stereocenters. The summed E-state index contributed by atoms with van der Waals surface area (Å²) in [7, 11) is 0. The highest BCUT2D eigenvalue weighted by molar-refractivity contribution is 6.24. The molecule has 0 radical (unpaired) electrons. The Balaban J connectivity index is 1.45. The lowest BCUT2D eigenvalue weighted by molar-refractivity contribution is -0.145. The lowest BCUT2D eigenvalue weighted by Gasteiger charge is -2.49. The number of carbonyl (C=O) groups is 4. The van der Waals surface area contributed by atoms with Crippen molar-refractivity contribution in [1.29, 1.82) is 0 Å². The van der Waals surface area contributed by atoms with Gasteiger partial charge in [-0.05, 0) is 75.6 Å². The standard InChI is InChI=1S/C35H34N2O5/c1-34(2,3)37-30(39)24-15-14-23-25(28(24)32(37)41)18-26-31(40)36(19-10-6-5-7-11-19)33(42)35(26,4)29(23)22-16-17-27(38)21-13-9-8-12-20(21)22/h5-14,16-17,24-26,28-29,38H,15,18H2,1-4H3/t24-,25+,26-,28-,29-,35+/m0/s1. The fourth-order valence-electron chi connectivity index (χ4n) is 8.40. The molecule has 4 aliphatic rings. The fraction of sp³-hybridized carbons (Fsp3) is 0.371. The van der Waals surface area contributed by atoms with Gasteiger partial charge in [0.2, 0.25) is 23.6 Å². The average Bonchev–Trinajstić information content (AvgIpc) is 3.34. The van der Waals surface area contributed by atoms with Crippen LogP contribution in [0.2, 0.25) is 0 Å². The lowest BCUT2D eigenvalue weighted by atomic mass is 9.51. The van der Waals surface area contributed by atoms with Crippen LogP contribution in [0.5, 0.6) is 5.75 Å². The van der Waals surface area contributed by atoms with Crippen molar-refractivity contribution in [2.24, 2.45) is 29.1 Å². The van der Waals surface area contributed by atoms with E-state index < -0.39 is 34.6 Å². The van der Waals surface area contributed by atoms with Crippen LogP contribution in [0.1, 0.15) is 52.0 Å². The van der Waals surface area contributed by atoms with Crippen LogP contribution in [0.25, 0.3) is 10.8 Å². The quantitative estimate of drug-likeness (QED) is 0.325. The number of anilines is 1. The average molecular weight is 563 g/mol. The Morgan fingerprint density at radius 2 is 1.48 bits per heavy atom. The van der Waals surface area contributed by atoms with E-state index in [2.05, 4.69) is 6.08 Å². The molecule has 2 aliphatic carbocycles. The van der Waals surface area contributed by atoms with E-state index >= 15 is 0 Å². The molecule has 1 N–H and O–H groups in total. The molecule has 3 fully saturated rings. The highest BCUT2D eigenvalue weighted by Crippen LogP contribution is 2.64. The number of rotatable bonds is 2. The van der Waals surface area contributed by atoms with Gasteiger partial charge in [-0.25, -0.2) is 4.90 Å². The molecule has 0 aromatic heterocycles. The third kappa shape index (κ3) is 3.39. The number of benzene rings is 3. The number of nitrogens with zero attached hydrogens (tertiary/aromatic N) is 2. The molecule has 3 aromatic carbocycles. The summed E-state index contributed by atoms with van der Waals surface area (Å²) >= 11 is 0. The molecule has 0 unspecified atom stereocenters. The summed E-state index contributed by atoms with van der Waals surface area (Å²) in [5, 5.41) is 12.2. The van der Waals surface area contributed by atoms with E-state index in [9.17, 15) is 24.3 Å². The number of imide groups is 2. The first-order valence-electron chi connectivity index (χ1n) is 14.7. The Morgan fingerprint density at radius 1 is 0.810 bits per heavy atom. The van der Waals surface area contributed by atoms with Crippen LogP contribution >= 0.6 is 0 Å². The van der Waals surface area contributed by atoms with Gasteiger partial charge >= 0.3 is 0 Å². The van der Waals surface area contributed by atoms with Gasteiger partial charge in [-0.15, -0.1) is 0 Å². The number of carbonyl (C=O) groups excluding carboxylic acids is 4. The second-order valence-corrected chi connectivity index (χ2v) is 13.4. The van der Waals surface area contributed by atoms with Crippen molar-refractivity contribution in [2.75, 3.05) is 4.90 Å². The Kier molecular flexibility index (Phi) is 5.62. The summed E-state index contributed by atoms with van der Waals surface area (Å²) in [6.07, 6.45) is 2.80. The number of amides is 4. The molecule has 214 valence electrons. The van der Waals surface area contributed by atoms with Crippen molar-refractivity contribution in [2.45, 2.75) is 52.0 Å². The zero-order valence-electron chi connectivity index (χ0n) is 24.2. The first kappa shape index (κ1) is 26.6. The molecule has 2 aliphatic heterocycles. The third-order valence-corrected chi connectivity index (χ3v) is 10.2. The van der Waals surface area contributed by atoms with Gasteiger partial charge in [-0.1, -0.05) is 60.2 Å². The van der Waals surface area contributed by atoms with Gasteiger partial charge in [0.05, 0.1) is 28.9 Å². The molecule has 0 bridgehead atoms. The predicted octanol–water partition coefficient (Wildman–Crippen LogP) is 5.57. The van der Waals surface area contributed by atoms with Crippen LogP contribution in [0.3, 0.4) is 0 Å². The second-order valence-electron chi connectivity index (χ2n) is 13.4. The Morgan fingerprint density at radius 3 is 2.17 bits per heavy atom. The molecular formula is C35H34N2O5. The minimum absolute atomic E-state index is 0.137. The first-order valence-corrected chi connectivity index (χ1v) is 14.7. The number of likely N-dealkylation sites (tertiary alicyclic amines) is 1. The van der Waals surface area contributed by atoms with Crippen LogP contribution in [0, 0.1) is 29.1 Å². The number of hydrogen-bond donors (Lipinski definition) is 1. The monoisotopic (exact) mass is 562 g/mol. The second kappa shape index (κ2) is 8.87. The maximum Gasteiger partial charge on any atom is 0.241 e. The van der Waals surface area contributed by atoms with E-state index in [1.54, 1.807) is 18.2 Å². The Labute approximate surface area is 244 Å². The largest absolute Gasteiger partial charge is 0.507 e. The number of hydrogen-bond acceptors (Lipinski definition) is 5. The smallest absolute Gasteiger partial charge is 0.241 e. The van der Waals surface area contributed by atoms with E-state index in [-0.39, 0.29) is 35.3 Å². The van der Waals surface area contributed by atoms with Crippen molar-refractivity contribution < 1.29 is 24.3 Å². The molecule has 7 nitrogen and oxygen atoms in total. The highest BCUT2D eigenvalue weighted by atomic mass is 16.3. The Bertz CT molecular complexity index is 1720. The molecule has 3 aromatic rings. The van der Waals surface area contributed by atoms with E-state index in [1.807, 2.05) is 76.2 Å². The first-order chi connectivity index (χ1) is 20.0.